The molecule has 18 heavy (non-hydrogen) atoms. The third-order valence-corrected chi connectivity index (χ3v) is 6.77. The first kappa shape index (κ1) is 11.7. The van der Waals surface area contributed by atoms with Crippen molar-refractivity contribution < 1.29 is 5.11 Å². The molecular formula is C16H27NO. The van der Waals surface area contributed by atoms with Gasteiger partial charge in [-0.1, -0.05) is 6.42 Å². The summed E-state index contributed by atoms with van der Waals surface area (Å²) >= 11 is 0. The molecular weight excluding hydrogens is 222 g/mol. The van der Waals surface area contributed by atoms with Crippen molar-refractivity contribution >= 4 is 0 Å². The van der Waals surface area contributed by atoms with Crippen LogP contribution in [0, 0.1) is 29.1 Å². The largest absolute Gasteiger partial charge is 0.396 e. The van der Waals surface area contributed by atoms with Gasteiger partial charge in [0.15, 0.2) is 0 Å². The summed E-state index contributed by atoms with van der Waals surface area (Å²) in [6, 6.07) is 0.825. The maximum Gasteiger partial charge on any atom is 0.0436 e. The lowest BCUT2D eigenvalue weighted by atomic mass is 9.79. The number of hydrogen-bond donors (Lipinski definition) is 2. The molecule has 5 atom stereocenters. The van der Waals surface area contributed by atoms with E-state index in [2.05, 4.69) is 5.32 Å². The van der Waals surface area contributed by atoms with Crippen molar-refractivity contribution in [2.75, 3.05) is 13.2 Å². The summed E-state index contributed by atoms with van der Waals surface area (Å²) in [4.78, 5) is 0. The predicted molar refractivity (Wildman–Crippen MR) is 72.2 cm³/mol. The van der Waals surface area contributed by atoms with Gasteiger partial charge in [0, 0.05) is 19.2 Å². The van der Waals surface area contributed by atoms with Crippen molar-refractivity contribution in [3.63, 3.8) is 0 Å². The number of rotatable bonds is 5. The summed E-state index contributed by atoms with van der Waals surface area (Å²) < 4.78 is 0. The van der Waals surface area contributed by atoms with Crippen LogP contribution in [-0.2, 0) is 0 Å². The molecule has 4 rings (SSSR count). The fraction of sp³-hybridized carbons (Fsp3) is 1.00. The van der Waals surface area contributed by atoms with Crippen LogP contribution in [0.5, 0.6) is 0 Å². The maximum absolute atomic E-state index is 9.13. The Morgan fingerprint density at radius 1 is 1.06 bits per heavy atom. The van der Waals surface area contributed by atoms with Crippen LogP contribution in [0.3, 0.4) is 0 Å². The van der Waals surface area contributed by atoms with Crippen molar-refractivity contribution in [2.45, 2.75) is 57.4 Å². The highest BCUT2D eigenvalue weighted by Crippen LogP contribution is 2.59. The Morgan fingerprint density at radius 3 is 2.67 bits per heavy atom. The summed E-state index contributed by atoms with van der Waals surface area (Å²) in [7, 11) is 0. The molecule has 2 nitrogen and oxygen atoms in total. The Balaban J connectivity index is 1.34. The van der Waals surface area contributed by atoms with E-state index in [4.69, 9.17) is 5.11 Å². The van der Waals surface area contributed by atoms with E-state index in [1.54, 1.807) is 0 Å². The van der Waals surface area contributed by atoms with Crippen molar-refractivity contribution in [1.82, 2.24) is 5.32 Å². The first-order valence-electron chi connectivity index (χ1n) is 8.16. The van der Waals surface area contributed by atoms with Crippen molar-refractivity contribution in [1.29, 1.82) is 0 Å². The molecule has 0 aromatic rings. The van der Waals surface area contributed by atoms with Gasteiger partial charge in [-0.2, -0.15) is 0 Å². The van der Waals surface area contributed by atoms with Crippen LogP contribution in [0.2, 0.25) is 0 Å². The summed E-state index contributed by atoms with van der Waals surface area (Å²) in [6.45, 7) is 1.56. The number of hydrogen-bond acceptors (Lipinski definition) is 2. The van der Waals surface area contributed by atoms with E-state index >= 15 is 0 Å². The average molecular weight is 249 g/mol. The Bertz CT molecular complexity index is 325. The van der Waals surface area contributed by atoms with E-state index < -0.39 is 0 Å². The Morgan fingerprint density at radius 2 is 1.89 bits per heavy atom. The van der Waals surface area contributed by atoms with Crippen LogP contribution in [0.25, 0.3) is 0 Å². The minimum absolute atomic E-state index is 0.378. The highest BCUT2D eigenvalue weighted by molar-refractivity contribution is 5.06. The van der Waals surface area contributed by atoms with Gasteiger partial charge in [0.25, 0.3) is 0 Å². The van der Waals surface area contributed by atoms with Crippen LogP contribution in [0.1, 0.15) is 51.4 Å². The maximum atomic E-state index is 9.13. The lowest BCUT2D eigenvalue weighted by molar-refractivity contribution is 0.192. The van der Waals surface area contributed by atoms with Crippen molar-refractivity contribution in [3.8, 4) is 0 Å². The molecule has 4 saturated carbocycles. The molecule has 0 aromatic heterocycles. The highest BCUT2D eigenvalue weighted by atomic mass is 16.3. The summed E-state index contributed by atoms with van der Waals surface area (Å²) in [5.74, 6) is 4.26. The average Bonchev–Trinajstić information content (AvgIpc) is 2.81. The van der Waals surface area contributed by atoms with Gasteiger partial charge in [0.2, 0.25) is 0 Å². The van der Waals surface area contributed by atoms with E-state index in [9.17, 15) is 0 Å². The minimum atomic E-state index is 0.378. The van der Waals surface area contributed by atoms with Gasteiger partial charge >= 0.3 is 0 Å². The second-order valence-electron chi connectivity index (χ2n) is 7.61. The Hall–Kier alpha value is -0.0800. The fourth-order valence-corrected chi connectivity index (χ4v) is 5.58. The van der Waals surface area contributed by atoms with Crippen LogP contribution in [-0.4, -0.2) is 24.3 Å². The molecule has 0 aromatic carbocycles. The summed E-state index contributed by atoms with van der Waals surface area (Å²) in [5, 5.41) is 13.0. The number of aliphatic hydroxyl groups excluding tert-OH is 1. The van der Waals surface area contributed by atoms with E-state index in [-0.39, 0.29) is 0 Å². The predicted octanol–water partition coefficient (Wildman–Crippen LogP) is 2.56. The topological polar surface area (TPSA) is 32.3 Å². The number of fused-ring (bicyclic) bond motifs is 5. The molecule has 0 saturated heterocycles. The van der Waals surface area contributed by atoms with E-state index in [1.165, 1.54) is 51.5 Å². The van der Waals surface area contributed by atoms with E-state index in [0.29, 0.717) is 12.0 Å². The van der Waals surface area contributed by atoms with Crippen LogP contribution >= 0.6 is 0 Å². The van der Waals surface area contributed by atoms with E-state index in [0.717, 1.165) is 36.1 Å². The van der Waals surface area contributed by atoms with Gasteiger partial charge in [0.05, 0.1) is 0 Å². The van der Waals surface area contributed by atoms with Gasteiger partial charge in [0.1, 0.15) is 0 Å². The highest BCUT2D eigenvalue weighted by Gasteiger charge is 2.54. The number of nitrogens with one attached hydrogen (secondary N) is 1. The van der Waals surface area contributed by atoms with Gasteiger partial charge in [-0.05, 0) is 74.0 Å². The minimum Gasteiger partial charge on any atom is -0.396 e. The molecule has 0 heterocycles. The molecule has 5 unspecified atom stereocenters. The smallest absolute Gasteiger partial charge is 0.0436 e. The first-order chi connectivity index (χ1) is 8.81. The Kier molecular flexibility index (Phi) is 2.74. The zero-order valence-corrected chi connectivity index (χ0v) is 11.4. The molecule has 0 aliphatic heterocycles. The van der Waals surface area contributed by atoms with Gasteiger partial charge in [-0.25, -0.2) is 0 Å². The van der Waals surface area contributed by atoms with Crippen LogP contribution in [0.15, 0.2) is 0 Å². The van der Waals surface area contributed by atoms with E-state index in [1.807, 2.05) is 0 Å². The second-order valence-corrected chi connectivity index (χ2v) is 7.61. The molecule has 2 N–H and O–H groups in total. The SMILES string of the molecule is OCCC1(CNC2CC3CC2C2CCCC32)CC1. The zero-order valence-electron chi connectivity index (χ0n) is 11.4. The Labute approximate surface area is 111 Å². The second kappa shape index (κ2) is 4.21. The third kappa shape index (κ3) is 1.76. The first-order valence-corrected chi connectivity index (χ1v) is 8.16. The summed E-state index contributed by atoms with van der Waals surface area (Å²) in [5.41, 5.74) is 0.492. The monoisotopic (exact) mass is 249 g/mol. The molecule has 2 bridgehead atoms. The molecule has 2 heteroatoms. The normalized spacial score (nSPS) is 47.5. The van der Waals surface area contributed by atoms with Gasteiger partial charge in [-0.15, -0.1) is 0 Å². The van der Waals surface area contributed by atoms with Gasteiger partial charge < -0.3 is 10.4 Å². The lowest BCUT2D eigenvalue weighted by Gasteiger charge is -2.33. The molecule has 0 amide bonds. The summed E-state index contributed by atoms with van der Waals surface area (Å²) in [6.07, 6.45) is 11.2. The quantitative estimate of drug-likeness (QED) is 0.785. The van der Waals surface area contributed by atoms with Crippen LogP contribution < -0.4 is 5.32 Å². The number of aliphatic hydroxyl groups is 1. The molecule has 0 spiro atoms. The third-order valence-electron chi connectivity index (χ3n) is 6.77. The van der Waals surface area contributed by atoms with Gasteiger partial charge in [-0.3, -0.25) is 0 Å². The lowest BCUT2D eigenvalue weighted by Crippen LogP contribution is -2.42. The standard InChI is InChI=1S/C16H27NO/c18-7-6-16(4-5-16)10-17-15-9-11-8-14(15)13-3-1-2-12(11)13/h11-15,17-18H,1-10H2. The molecule has 0 radical (unpaired) electrons. The molecule has 4 aliphatic carbocycles. The fourth-order valence-electron chi connectivity index (χ4n) is 5.58. The molecule has 4 fully saturated rings. The molecule has 102 valence electrons. The van der Waals surface area contributed by atoms with Crippen molar-refractivity contribution in [2.24, 2.45) is 29.1 Å². The van der Waals surface area contributed by atoms with Crippen molar-refractivity contribution in [3.05, 3.63) is 0 Å². The molecule has 4 aliphatic rings. The van der Waals surface area contributed by atoms with Crippen LogP contribution in [0.4, 0.5) is 0 Å². The zero-order chi connectivity index (χ0) is 12.2.